The fourth-order valence-electron chi connectivity index (χ4n) is 2.16. The molecule has 4 heteroatoms. The third kappa shape index (κ3) is 3.68. The molecule has 1 N–H and O–H groups in total. The minimum Gasteiger partial charge on any atom is -0.480 e. The monoisotopic (exact) mass is 225 g/mol. The van der Waals surface area contributed by atoms with Gasteiger partial charge in [-0.1, -0.05) is 25.3 Å². The summed E-state index contributed by atoms with van der Waals surface area (Å²) >= 11 is 0. The topological polar surface area (TPSA) is 57.6 Å². The van der Waals surface area contributed by atoms with Gasteiger partial charge in [-0.05, 0) is 12.8 Å². The lowest BCUT2D eigenvalue weighted by atomic mass is 9.88. The van der Waals surface area contributed by atoms with Crippen molar-refractivity contribution < 1.29 is 14.7 Å². The predicted octanol–water partition coefficient (Wildman–Crippen LogP) is 1.67. The summed E-state index contributed by atoms with van der Waals surface area (Å²) in [6.45, 7) is 3.65. The minimum absolute atomic E-state index is 0.0213. The van der Waals surface area contributed by atoms with Crippen LogP contribution in [0.15, 0.2) is 12.7 Å². The quantitative estimate of drug-likeness (QED) is 0.724. The molecule has 0 radical (unpaired) electrons. The summed E-state index contributed by atoms with van der Waals surface area (Å²) in [4.78, 5) is 24.1. The molecule has 0 spiro atoms. The Morgan fingerprint density at radius 2 is 1.94 bits per heavy atom. The number of hydrogen-bond donors (Lipinski definition) is 1. The van der Waals surface area contributed by atoms with Crippen LogP contribution in [0.5, 0.6) is 0 Å². The van der Waals surface area contributed by atoms with E-state index in [9.17, 15) is 9.59 Å². The van der Waals surface area contributed by atoms with Crippen LogP contribution in [-0.2, 0) is 9.59 Å². The molecule has 0 aromatic rings. The molecule has 0 aromatic carbocycles. The first kappa shape index (κ1) is 12.7. The van der Waals surface area contributed by atoms with Crippen LogP contribution >= 0.6 is 0 Å². The maximum Gasteiger partial charge on any atom is 0.323 e. The van der Waals surface area contributed by atoms with E-state index in [2.05, 4.69) is 6.58 Å². The summed E-state index contributed by atoms with van der Waals surface area (Å²) in [5.41, 5.74) is 0. The van der Waals surface area contributed by atoms with E-state index in [0.29, 0.717) is 6.54 Å². The van der Waals surface area contributed by atoms with Gasteiger partial charge in [0.25, 0.3) is 0 Å². The van der Waals surface area contributed by atoms with Gasteiger partial charge in [0.1, 0.15) is 6.54 Å². The Kier molecular flexibility index (Phi) is 5.02. The lowest BCUT2D eigenvalue weighted by Gasteiger charge is -2.27. The molecule has 1 aliphatic carbocycles. The highest BCUT2D eigenvalue weighted by atomic mass is 16.4. The third-order valence-corrected chi connectivity index (χ3v) is 2.94. The summed E-state index contributed by atoms with van der Waals surface area (Å²) in [5.74, 6) is -0.971. The molecule has 16 heavy (non-hydrogen) atoms. The molecule has 4 nitrogen and oxygen atoms in total. The Balaban J connectivity index is 2.57. The van der Waals surface area contributed by atoms with Crippen molar-refractivity contribution in [2.24, 2.45) is 5.92 Å². The van der Waals surface area contributed by atoms with E-state index in [1.165, 1.54) is 11.3 Å². The summed E-state index contributed by atoms with van der Waals surface area (Å²) in [5, 5.41) is 8.73. The van der Waals surface area contributed by atoms with Crippen molar-refractivity contribution in [2.75, 3.05) is 13.1 Å². The Morgan fingerprint density at radius 3 is 2.44 bits per heavy atom. The summed E-state index contributed by atoms with van der Waals surface area (Å²) in [7, 11) is 0. The first-order valence-electron chi connectivity index (χ1n) is 5.76. The lowest BCUT2D eigenvalue weighted by Crippen LogP contribution is -2.40. The van der Waals surface area contributed by atoms with Crippen LogP contribution in [0.1, 0.15) is 32.1 Å². The number of hydrogen-bond acceptors (Lipinski definition) is 2. The molecule has 0 saturated heterocycles. The first-order chi connectivity index (χ1) is 7.65. The van der Waals surface area contributed by atoms with E-state index in [-0.39, 0.29) is 18.4 Å². The highest BCUT2D eigenvalue weighted by Crippen LogP contribution is 2.25. The number of carboxylic acid groups (broad SMARTS) is 1. The number of amides is 1. The molecule has 1 aliphatic rings. The van der Waals surface area contributed by atoms with Crippen molar-refractivity contribution in [3.05, 3.63) is 12.7 Å². The second-order valence-corrected chi connectivity index (χ2v) is 4.24. The average Bonchev–Trinajstić information content (AvgIpc) is 2.28. The fraction of sp³-hybridized carbons (Fsp3) is 0.667. The largest absolute Gasteiger partial charge is 0.480 e. The molecule has 90 valence electrons. The standard InChI is InChI=1S/C12H19NO3/c1-2-8-13(9-11(14)15)12(16)10-6-4-3-5-7-10/h2,10H,1,3-9H2,(H,14,15). The summed E-state index contributed by atoms with van der Waals surface area (Å²) < 4.78 is 0. The molecule has 0 atom stereocenters. The molecular formula is C12H19NO3. The van der Waals surface area contributed by atoms with E-state index in [1.807, 2.05) is 0 Å². The maximum atomic E-state index is 12.0. The van der Waals surface area contributed by atoms with Gasteiger partial charge in [0.15, 0.2) is 0 Å². The van der Waals surface area contributed by atoms with Crippen molar-refractivity contribution in [2.45, 2.75) is 32.1 Å². The van der Waals surface area contributed by atoms with Crippen LogP contribution in [0, 0.1) is 5.92 Å². The zero-order chi connectivity index (χ0) is 12.0. The first-order valence-corrected chi connectivity index (χ1v) is 5.76. The molecular weight excluding hydrogens is 206 g/mol. The third-order valence-electron chi connectivity index (χ3n) is 2.94. The van der Waals surface area contributed by atoms with E-state index < -0.39 is 5.97 Å². The average molecular weight is 225 g/mol. The van der Waals surface area contributed by atoms with Gasteiger partial charge in [0, 0.05) is 12.5 Å². The van der Waals surface area contributed by atoms with E-state index in [4.69, 9.17) is 5.11 Å². The zero-order valence-electron chi connectivity index (χ0n) is 9.52. The molecule has 1 saturated carbocycles. The zero-order valence-corrected chi connectivity index (χ0v) is 9.52. The van der Waals surface area contributed by atoms with Crippen LogP contribution in [0.2, 0.25) is 0 Å². The fourth-order valence-corrected chi connectivity index (χ4v) is 2.16. The molecule has 0 heterocycles. The van der Waals surface area contributed by atoms with Crippen LogP contribution in [0.25, 0.3) is 0 Å². The second kappa shape index (κ2) is 6.30. The summed E-state index contributed by atoms with van der Waals surface area (Å²) in [6.07, 6.45) is 6.70. The van der Waals surface area contributed by atoms with Gasteiger partial charge < -0.3 is 10.0 Å². The highest BCUT2D eigenvalue weighted by molar-refractivity contribution is 5.83. The van der Waals surface area contributed by atoms with Crippen molar-refractivity contribution in [1.29, 1.82) is 0 Å². The van der Waals surface area contributed by atoms with Crippen LogP contribution < -0.4 is 0 Å². The van der Waals surface area contributed by atoms with Gasteiger partial charge in [-0.25, -0.2) is 0 Å². The minimum atomic E-state index is -0.967. The Labute approximate surface area is 95.9 Å². The van der Waals surface area contributed by atoms with Gasteiger partial charge in [0.05, 0.1) is 0 Å². The molecule has 1 fully saturated rings. The Bertz CT molecular complexity index is 269. The molecule has 0 unspecified atom stereocenters. The lowest BCUT2D eigenvalue weighted by molar-refractivity contribution is -0.146. The van der Waals surface area contributed by atoms with Crippen LogP contribution in [0.3, 0.4) is 0 Å². The number of rotatable bonds is 5. The van der Waals surface area contributed by atoms with Crippen LogP contribution in [0.4, 0.5) is 0 Å². The number of carbonyl (C=O) groups excluding carboxylic acids is 1. The van der Waals surface area contributed by atoms with Gasteiger partial charge in [-0.15, -0.1) is 6.58 Å². The Hall–Kier alpha value is -1.32. The van der Waals surface area contributed by atoms with Gasteiger partial charge in [-0.2, -0.15) is 0 Å². The van der Waals surface area contributed by atoms with Crippen LogP contribution in [-0.4, -0.2) is 35.0 Å². The van der Waals surface area contributed by atoms with Gasteiger partial charge >= 0.3 is 5.97 Å². The van der Waals surface area contributed by atoms with Gasteiger partial charge in [0.2, 0.25) is 5.91 Å². The Morgan fingerprint density at radius 1 is 1.31 bits per heavy atom. The SMILES string of the molecule is C=CCN(CC(=O)O)C(=O)C1CCCCC1. The maximum absolute atomic E-state index is 12.0. The van der Waals surface area contributed by atoms with Crippen molar-refractivity contribution in [1.82, 2.24) is 4.90 Å². The number of carboxylic acids is 1. The smallest absolute Gasteiger partial charge is 0.323 e. The predicted molar refractivity (Wildman–Crippen MR) is 61.0 cm³/mol. The van der Waals surface area contributed by atoms with Gasteiger partial charge in [-0.3, -0.25) is 9.59 Å². The molecule has 0 bridgehead atoms. The normalized spacial score (nSPS) is 16.8. The number of aliphatic carboxylic acids is 1. The van der Waals surface area contributed by atoms with E-state index >= 15 is 0 Å². The molecule has 0 aliphatic heterocycles. The number of carbonyl (C=O) groups is 2. The molecule has 1 amide bonds. The van der Waals surface area contributed by atoms with Crippen molar-refractivity contribution >= 4 is 11.9 Å². The van der Waals surface area contributed by atoms with Crippen molar-refractivity contribution in [3.63, 3.8) is 0 Å². The van der Waals surface area contributed by atoms with E-state index in [0.717, 1.165) is 25.7 Å². The van der Waals surface area contributed by atoms with E-state index in [1.54, 1.807) is 6.08 Å². The van der Waals surface area contributed by atoms with Crippen molar-refractivity contribution in [3.8, 4) is 0 Å². The highest BCUT2D eigenvalue weighted by Gasteiger charge is 2.26. The second-order valence-electron chi connectivity index (χ2n) is 4.24. The summed E-state index contributed by atoms with van der Waals surface area (Å²) in [6, 6.07) is 0. The molecule has 1 rings (SSSR count). The number of nitrogens with zero attached hydrogens (tertiary/aromatic N) is 1. The molecule has 0 aromatic heterocycles.